The molecule has 2 fully saturated rings. The molecule has 19 heteroatoms. The normalized spacial score (nSPS) is 25.2. The van der Waals surface area contributed by atoms with E-state index >= 15 is 0 Å². The Morgan fingerprint density at radius 1 is 1.04 bits per heavy atom. The zero-order chi connectivity index (χ0) is 37.6. The third kappa shape index (κ3) is 8.88. The van der Waals surface area contributed by atoms with Crippen LogP contribution in [0.5, 0.6) is 0 Å². The molecule has 53 heavy (non-hydrogen) atoms. The molecule has 6 rings (SSSR count). The summed E-state index contributed by atoms with van der Waals surface area (Å²) in [6.45, 7) is 4.97. The molecule has 4 aromatic rings. The second-order valence-corrected chi connectivity index (χ2v) is 14.3. The van der Waals surface area contributed by atoms with Crippen LogP contribution in [0.25, 0.3) is 11.2 Å². The van der Waals surface area contributed by atoms with Crippen LogP contribution in [0.2, 0.25) is 0 Å². The van der Waals surface area contributed by atoms with Crippen molar-refractivity contribution in [2.75, 3.05) is 25.5 Å². The van der Waals surface area contributed by atoms with Gasteiger partial charge < -0.3 is 33.7 Å². The molecule has 18 nitrogen and oxygen atoms in total. The van der Waals surface area contributed by atoms with E-state index in [2.05, 4.69) is 25.4 Å². The number of hydrogen-bond donors (Lipinski definition) is 2. The summed E-state index contributed by atoms with van der Waals surface area (Å²) >= 11 is 0. The largest absolute Gasteiger partial charge is 0.510 e. The van der Waals surface area contributed by atoms with Crippen LogP contribution in [0.1, 0.15) is 49.8 Å². The fourth-order valence-electron chi connectivity index (χ4n) is 5.67. The molecule has 0 bridgehead atoms. The molecule has 0 radical (unpaired) electrons. The van der Waals surface area contributed by atoms with Crippen molar-refractivity contribution in [3.8, 4) is 0 Å². The van der Waals surface area contributed by atoms with Crippen molar-refractivity contribution in [2.24, 2.45) is 0 Å². The highest BCUT2D eigenvalue weighted by Crippen LogP contribution is 2.49. The summed E-state index contributed by atoms with van der Waals surface area (Å²) in [5, 5.41) is 5.28. The van der Waals surface area contributed by atoms with Gasteiger partial charge in [-0.25, -0.2) is 29.4 Å². The SMILES string of the molecule is CC(C)OC(=O)C(C)NP1(=O)OCOC(=O)OC2[C@@H](CO1)O[C@@H](n1cnc3c(NC(=O)c4ccccc4)ncnc31)[C@@]2(C)OCOCc1ccccc1. The molecular weight excluding hydrogens is 715 g/mol. The number of rotatable bonds is 12. The van der Waals surface area contributed by atoms with Gasteiger partial charge in [0.05, 0.1) is 25.6 Å². The minimum atomic E-state index is -4.34. The van der Waals surface area contributed by atoms with Gasteiger partial charge in [0.1, 0.15) is 25.3 Å². The number of cyclic esters (lactones) is 1. The Morgan fingerprint density at radius 2 is 1.77 bits per heavy atom. The van der Waals surface area contributed by atoms with Crippen molar-refractivity contribution in [1.82, 2.24) is 24.6 Å². The van der Waals surface area contributed by atoms with Crippen molar-refractivity contribution in [1.29, 1.82) is 0 Å². The maximum atomic E-state index is 13.8. The van der Waals surface area contributed by atoms with E-state index < -0.39 is 75.4 Å². The number of ether oxygens (including phenoxy) is 6. The van der Waals surface area contributed by atoms with Gasteiger partial charge in [0.2, 0.25) is 6.79 Å². The number of amides is 1. The monoisotopic (exact) mass is 754 g/mol. The van der Waals surface area contributed by atoms with Crippen LogP contribution >= 0.6 is 7.75 Å². The van der Waals surface area contributed by atoms with Gasteiger partial charge in [0.15, 0.2) is 34.9 Å². The number of nitrogens with zero attached hydrogens (tertiary/aromatic N) is 4. The summed E-state index contributed by atoms with van der Waals surface area (Å²) in [6, 6.07) is 16.9. The van der Waals surface area contributed by atoms with Crippen molar-refractivity contribution >= 4 is 42.8 Å². The first-order valence-corrected chi connectivity index (χ1v) is 18.2. The van der Waals surface area contributed by atoms with E-state index in [1.165, 1.54) is 24.1 Å². The highest BCUT2D eigenvalue weighted by molar-refractivity contribution is 7.51. The number of aromatic nitrogens is 4. The van der Waals surface area contributed by atoms with Gasteiger partial charge in [-0.3, -0.25) is 23.2 Å². The first-order valence-electron chi connectivity index (χ1n) is 16.6. The van der Waals surface area contributed by atoms with E-state index in [0.717, 1.165) is 5.56 Å². The van der Waals surface area contributed by atoms with Gasteiger partial charge in [-0.05, 0) is 45.4 Å². The molecule has 3 unspecified atom stereocenters. The summed E-state index contributed by atoms with van der Waals surface area (Å²) in [6.07, 6.45) is -2.56. The van der Waals surface area contributed by atoms with Gasteiger partial charge in [-0.1, -0.05) is 48.5 Å². The van der Waals surface area contributed by atoms with Gasteiger partial charge >= 0.3 is 19.9 Å². The molecule has 2 saturated heterocycles. The molecule has 0 spiro atoms. The average molecular weight is 755 g/mol. The Labute approximate surface area is 304 Å². The minimum absolute atomic E-state index is 0.130. The van der Waals surface area contributed by atoms with E-state index in [-0.39, 0.29) is 30.4 Å². The smallest absolute Gasteiger partial charge is 0.462 e. The van der Waals surface area contributed by atoms with Gasteiger partial charge in [0, 0.05) is 5.56 Å². The third-order valence-corrected chi connectivity index (χ3v) is 9.87. The van der Waals surface area contributed by atoms with Gasteiger partial charge in [0.25, 0.3) is 5.91 Å². The number of nitrogens with one attached hydrogen (secondary N) is 2. The maximum Gasteiger partial charge on any atom is 0.510 e. The summed E-state index contributed by atoms with van der Waals surface area (Å²) in [5.41, 5.74) is 0.183. The van der Waals surface area contributed by atoms with Crippen LogP contribution in [0.3, 0.4) is 0 Å². The molecule has 282 valence electrons. The summed E-state index contributed by atoms with van der Waals surface area (Å²) < 4.78 is 61.0. The van der Waals surface area contributed by atoms with Crippen LogP contribution < -0.4 is 10.4 Å². The first kappa shape index (κ1) is 37.9. The van der Waals surface area contributed by atoms with E-state index in [4.69, 9.17) is 37.5 Å². The Kier molecular flexibility index (Phi) is 11.8. The average Bonchev–Trinajstić information content (AvgIpc) is 3.68. The summed E-state index contributed by atoms with van der Waals surface area (Å²) in [4.78, 5) is 51.6. The van der Waals surface area contributed by atoms with Crippen LogP contribution in [0.15, 0.2) is 73.3 Å². The molecule has 2 aromatic carbocycles. The number of carbonyl (C=O) groups excluding carboxylic acids is 3. The van der Waals surface area contributed by atoms with E-state index in [0.29, 0.717) is 5.56 Å². The van der Waals surface area contributed by atoms with Gasteiger partial charge in [-0.2, -0.15) is 0 Å². The molecular formula is C34H39N6O12P. The lowest BCUT2D eigenvalue weighted by Crippen LogP contribution is -2.50. The lowest BCUT2D eigenvalue weighted by Gasteiger charge is -2.35. The predicted octanol–water partition coefficient (Wildman–Crippen LogP) is 4.49. The lowest BCUT2D eigenvalue weighted by molar-refractivity contribution is -0.199. The molecule has 2 aliphatic heterocycles. The van der Waals surface area contributed by atoms with E-state index in [1.807, 2.05) is 30.3 Å². The fourth-order valence-corrected chi connectivity index (χ4v) is 7.01. The third-order valence-electron chi connectivity index (χ3n) is 8.23. The minimum Gasteiger partial charge on any atom is -0.462 e. The second kappa shape index (κ2) is 16.5. The first-order chi connectivity index (χ1) is 25.5. The predicted molar refractivity (Wildman–Crippen MR) is 184 cm³/mol. The van der Waals surface area contributed by atoms with Crippen LogP contribution in [0, 0.1) is 0 Å². The fraction of sp³-hybridized carbons (Fsp3) is 0.412. The molecule has 2 N–H and O–H groups in total. The number of fused-ring (bicyclic) bond motifs is 2. The highest BCUT2D eigenvalue weighted by Gasteiger charge is 2.59. The summed E-state index contributed by atoms with van der Waals surface area (Å²) in [7, 11) is -4.34. The number of carbonyl (C=O) groups is 3. The van der Waals surface area contributed by atoms with Crippen molar-refractivity contribution in [3.05, 3.63) is 84.4 Å². The molecule has 4 heterocycles. The topological polar surface area (TPSA) is 210 Å². The van der Waals surface area contributed by atoms with Crippen molar-refractivity contribution < 1.29 is 56.4 Å². The Balaban J connectivity index is 1.30. The van der Waals surface area contributed by atoms with Crippen molar-refractivity contribution in [3.63, 3.8) is 0 Å². The number of hydrogen-bond acceptors (Lipinski definition) is 15. The highest BCUT2D eigenvalue weighted by atomic mass is 31.2. The van der Waals surface area contributed by atoms with Crippen LogP contribution in [-0.2, 0) is 53.4 Å². The number of anilines is 1. The van der Waals surface area contributed by atoms with Crippen LogP contribution in [0.4, 0.5) is 10.6 Å². The molecule has 2 aliphatic rings. The molecule has 2 aromatic heterocycles. The number of benzene rings is 2. The number of esters is 1. The van der Waals surface area contributed by atoms with Crippen LogP contribution in [-0.4, -0.2) is 87.7 Å². The zero-order valence-corrected chi connectivity index (χ0v) is 30.2. The summed E-state index contributed by atoms with van der Waals surface area (Å²) in [5.74, 6) is -0.992. The Morgan fingerprint density at radius 3 is 2.51 bits per heavy atom. The number of imidazole rings is 1. The zero-order valence-electron chi connectivity index (χ0n) is 29.3. The molecule has 0 aliphatic carbocycles. The molecule has 6 atom stereocenters. The second-order valence-electron chi connectivity index (χ2n) is 12.5. The maximum absolute atomic E-state index is 13.8. The lowest BCUT2D eigenvalue weighted by atomic mass is 9.95. The quantitative estimate of drug-likeness (QED) is 0.0883. The van der Waals surface area contributed by atoms with Gasteiger partial charge in [-0.15, -0.1) is 0 Å². The Hall–Kier alpha value is -4.81. The van der Waals surface area contributed by atoms with Crippen molar-refractivity contribution in [2.45, 2.75) is 70.5 Å². The standard InChI is InChI=1S/C34H39N6O12P/c1-21(2)50-31(42)22(3)39-53(44)48-16-25-27(52-33(43)46-20-49-53)34(4,47-19-45-15-23-11-7-5-8-12-23)32(51-25)40-18-37-26-28(35-17-36-29(26)40)38-30(41)24-13-9-6-10-14-24/h5-14,17-18,21-22,25,27,32H,15-16,19-20H2,1-4H3,(H,39,44)(H,35,36,38,41)/t22?,25-,27?,32-,34+,53?/m1/s1. The molecule has 0 saturated carbocycles. The van der Waals surface area contributed by atoms with E-state index in [9.17, 15) is 18.9 Å². The molecule has 1 amide bonds. The Bertz CT molecular complexity index is 1950. The van der Waals surface area contributed by atoms with E-state index in [1.54, 1.807) is 51.1 Å².